The van der Waals surface area contributed by atoms with E-state index >= 15 is 0 Å². The zero-order valence-corrected chi connectivity index (χ0v) is 84.2. The van der Waals surface area contributed by atoms with Crippen LogP contribution in [-0.2, 0) is 77.0 Å². The van der Waals surface area contributed by atoms with Crippen molar-refractivity contribution in [1.82, 2.24) is 0 Å². The van der Waals surface area contributed by atoms with E-state index in [1.54, 1.807) is 66.8 Å². The number of thiophene rings is 6. The second-order valence-electron chi connectivity index (χ2n) is 35.8. The molecule has 0 spiro atoms. The first-order chi connectivity index (χ1) is 59.1. The standard InChI is InChI=1S/C114H174S6/c1-13-25-37-49-61-94-88-115-106(97(94)64-52-40-28-16-4)79-82-112-103(70-58-46-34-22-10)100(67-55-43-31-19-7)109(118-112)76-73-91-85-92(74-77-110-101(68-56-44-32-20-8)104(71-59-47-35-23-11)113(119-110)83-80-107-98(65-53-41-29-17-5)95(89-116-107)62-50-38-26-14-2)87-93(86-91)75-78-111-102(69-57-45-33-21-9)105(72-60-48-36-24-12)114(120-111)84-81-108-99(66-54-42-30-18-6)96(90-117-108)63-51-39-27-15-3/h73-90H,13-72H2,1-12H3/b76-73+,77-74+,78-75+,82-79+,83-80+,84-81?. The monoisotopic (exact) mass is 1740 g/mol. The smallest absolute Gasteiger partial charge is 0.0312 e. The van der Waals surface area contributed by atoms with Crippen LogP contribution in [0.3, 0.4) is 0 Å². The molecule has 120 heavy (non-hydrogen) atoms. The van der Waals surface area contributed by atoms with E-state index in [-0.39, 0.29) is 0 Å². The quantitative estimate of drug-likeness (QED) is 0.0333. The van der Waals surface area contributed by atoms with Crippen molar-refractivity contribution in [2.75, 3.05) is 0 Å². The summed E-state index contributed by atoms with van der Waals surface area (Å²) in [5.74, 6) is 0. The fourth-order valence-corrected chi connectivity index (χ4v) is 24.8. The molecule has 0 unspecified atom stereocenters. The van der Waals surface area contributed by atoms with Crippen molar-refractivity contribution in [3.05, 3.63) is 162 Å². The number of unbranched alkanes of at least 4 members (excludes halogenated alkanes) is 36. The second-order valence-corrected chi connectivity index (χ2v) is 41.8. The van der Waals surface area contributed by atoms with Crippen molar-refractivity contribution in [3.63, 3.8) is 0 Å². The van der Waals surface area contributed by atoms with Crippen molar-refractivity contribution in [2.45, 2.75) is 468 Å². The highest BCUT2D eigenvalue weighted by molar-refractivity contribution is 7.15. The van der Waals surface area contributed by atoms with Gasteiger partial charge >= 0.3 is 0 Å². The molecule has 1 aromatic carbocycles. The van der Waals surface area contributed by atoms with Gasteiger partial charge in [-0.25, -0.2) is 0 Å². The van der Waals surface area contributed by atoms with E-state index in [1.165, 1.54) is 427 Å². The third-order valence-electron chi connectivity index (χ3n) is 25.4. The lowest BCUT2D eigenvalue weighted by Crippen LogP contribution is -1.96. The van der Waals surface area contributed by atoms with Gasteiger partial charge in [0, 0.05) is 43.9 Å². The average Bonchev–Trinajstić information content (AvgIpc) is 1.63. The van der Waals surface area contributed by atoms with Gasteiger partial charge in [-0.3, -0.25) is 0 Å². The first-order valence-electron chi connectivity index (χ1n) is 51.1. The van der Waals surface area contributed by atoms with E-state index in [0.717, 1.165) is 19.3 Å². The lowest BCUT2D eigenvalue weighted by atomic mass is 9.95. The van der Waals surface area contributed by atoms with Crippen LogP contribution in [0, 0.1) is 0 Å². The van der Waals surface area contributed by atoms with Crippen molar-refractivity contribution in [1.29, 1.82) is 0 Å². The maximum absolute atomic E-state index is 2.60. The molecule has 0 N–H and O–H groups in total. The van der Waals surface area contributed by atoms with Crippen LogP contribution in [0.25, 0.3) is 72.9 Å². The summed E-state index contributed by atoms with van der Waals surface area (Å²) in [7, 11) is 0. The predicted octanol–water partition coefficient (Wildman–Crippen LogP) is 40.6. The van der Waals surface area contributed by atoms with Crippen LogP contribution in [-0.4, -0.2) is 0 Å². The Bertz CT molecular complexity index is 3580. The predicted molar refractivity (Wildman–Crippen MR) is 560 cm³/mol. The van der Waals surface area contributed by atoms with Gasteiger partial charge in [-0.2, -0.15) is 0 Å². The summed E-state index contributed by atoms with van der Waals surface area (Å²) in [4.78, 5) is 13.5. The number of hydrogen-bond donors (Lipinski definition) is 0. The molecule has 0 saturated carbocycles. The van der Waals surface area contributed by atoms with Gasteiger partial charge in [0.15, 0.2) is 0 Å². The van der Waals surface area contributed by atoms with E-state index in [4.69, 9.17) is 0 Å². The Hall–Kier alpha value is -4.14. The molecule has 0 amide bonds. The van der Waals surface area contributed by atoms with Crippen LogP contribution >= 0.6 is 68.0 Å². The van der Waals surface area contributed by atoms with Crippen LogP contribution in [0.4, 0.5) is 0 Å². The van der Waals surface area contributed by atoms with E-state index in [2.05, 4.69) is 224 Å². The highest BCUT2D eigenvalue weighted by Crippen LogP contribution is 2.42. The summed E-state index contributed by atoms with van der Waals surface area (Å²) in [5, 5.41) is 7.66. The van der Waals surface area contributed by atoms with Crippen LogP contribution in [0.5, 0.6) is 0 Å². The molecule has 0 aliphatic rings. The molecular weight excluding hydrogens is 1560 g/mol. The molecule has 0 nitrogen and oxygen atoms in total. The van der Waals surface area contributed by atoms with Crippen LogP contribution in [0.1, 0.15) is 519 Å². The Morgan fingerprint density at radius 2 is 0.308 bits per heavy atom. The van der Waals surface area contributed by atoms with E-state index in [1.807, 2.05) is 34.0 Å². The Balaban J connectivity index is 1.45. The zero-order chi connectivity index (χ0) is 85.3. The lowest BCUT2D eigenvalue weighted by Gasteiger charge is -2.09. The van der Waals surface area contributed by atoms with Crippen molar-refractivity contribution < 1.29 is 0 Å². The van der Waals surface area contributed by atoms with Gasteiger partial charge < -0.3 is 0 Å². The average molecular weight is 1740 g/mol. The minimum Gasteiger partial charge on any atom is -0.144 e. The van der Waals surface area contributed by atoms with E-state index < -0.39 is 0 Å². The Kier molecular flexibility index (Phi) is 55.4. The second kappa shape index (κ2) is 64.6. The van der Waals surface area contributed by atoms with Gasteiger partial charge in [-0.05, 0) is 327 Å². The van der Waals surface area contributed by atoms with Gasteiger partial charge in [0.05, 0.1) is 0 Å². The molecule has 666 valence electrons. The topological polar surface area (TPSA) is 0 Å². The summed E-state index contributed by atoms with van der Waals surface area (Å²) in [5.41, 5.74) is 23.6. The fourth-order valence-electron chi connectivity index (χ4n) is 18.0. The molecule has 0 radical (unpaired) electrons. The first-order valence-corrected chi connectivity index (χ1v) is 56.2. The fraction of sp³-hybridized carbons (Fsp3) is 0.632. The largest absolute Gasteiger partial charge is 0.144 e. The van der Waals surface area contributed by atoms with Crippen molar-refractivity contribution >= 4 is 141 Å². The molecule has 0 aliphatic carbocycles. The lowest BCUT2D eigenvalue weighted by molar-refractivity contribution is 0.651. The third kappa shape index (κ3) is 37.4. The SMILES string of the molecule is CCCCCCc1csc(C=Cc2sc(/C=C/c3cc(/C=C/c4sc(/C=C/c5scc(CCCCCC)c5CCCCCC)c(CCCCCC)c4CCCCCC)cc(/C=C/c4sc(/C=C/c5scc(CCCCCC)c5CCCCCC)c(CCCCCC)c4CCCCCC)c3)c(CCCCCC)c2CCCCCC)c1CCCCCC. The molecule has 0 bridgehead atoms. The number of hydrogen-bond acceptors (Lipinski definition) is 6. The molecule has 0 aliphatic heterocycles. The highest BCUT2D eigenvalue weighted by Gasteiger charge is 2.22. The normalized spacial score (nSPS) is 12.3. The Morgan fingerprint density at radius 1 is 0.158 bits per heavy atom. The van der Waals surface area contributed by atoms with E-state index in [0.29, 0.717) is 0 Å². The van der Waals surface area contributed by atoms with E-state index in [9.17, 15) is 0 Å². The summed E-state index contributed by atoms with van der Waals surface area (Å²) in [6.07, 6.45) is 108. The number of benzene rings is 1. The molecule has 7 rings (SSSR count). The number of rotatable bonds is 72. The van der Waals surface area contributed by atoms with Crippen LogP contribution in [0.15, 0.2) is 34.3 Å². The van der Waals surface area contributed by atoms with Crippen LogP contribution < -0.4 is 0 Å². The highest BCUT2D eigenvalue weighted by atomic mass is 32.1. The summed E-state index contributed by atoms with van der Waals surface area (Å²) in [6, 6.07) is 7.64. The summed E-state index contributed by atoms with van der Waals surface area (Å²) >= 11 is 12.4. The number of aryl methyl sites for hydroxylation is 3. The maximum Gasteiger partial charge on any atom is 0.0312 e. The molecular formula is C114H174S6. The first kappa shape index (κ1) is 103. The maximum atomic E-state index is 2.60. The third-order valence-corrected chi connectivity index (χ3v) is 32.2. The molecule has 0 saturated heterocycles. The van der Waals surface area contributed by atoms with Gasteiger partial charge in [0.1, 0.15) is 0 Å². The minimum absolute atomic E-state index is 1.16. The van der Waals surface area contributed by atoms with Gasteiger partial charge in [-0.1, -0.05) is 332 Å². The van der Waals surface area contributed by atoms with Gasteiger partial charge in [0.2, 0.25) is 0 Å². The molecule has 7 aromatic rings. The van der Waals surface area contributed by atoms with Crippen LogP contribution in [0.2, 0.25) is 0 Å². The molecule has 6 aromatic heterocycles. The Labute approximate surface area is 764 Å². The van der Waals surface area contributed by atoms with Crippen molar-refractivity contribution in [3.8, 4) is 0 Å². The zero-order valence-electron chi connectivity index (χ0n) is 79.3. The Morgan fingerprint density at radius 3 is 0.483 bits per heavy atom. The van der Waals surface area contributed by atoms with Crippen molar-refractivity contribution in [2.24, 2.45) is 0 Å². The molecule has 0 atom stereocenters. The van der Waals surface area contributed by atoms with Gasteiger partial charge in [-0.15, -0.1) is 68.0 Å². The summed E-state index contributed by atoms with van der Waals surface area (Å²) in [6.45, 7) is 28.4. The molecule has 6 heterocycles. The minimum atomic E-state index is 1.16. The summed E-state index contributed by atoms with van der Waals surface area (Å²) < 4.78 is 0. The molecule has 0 fully saturated rings. The van der Waals surface area contributed by atoms with Gasteiger partial charge in [0.25, 0.3) is 0 Å². The molecule has 6 heteroatoms.